The molecule has 0 atom stereocenters. The van der Waals surface area contributed by atoms with E-state index >= 15 is 0 Å². The third-order valence-corrected chi connectivity index (χ3v) is 3.58. The van der Waals surface area contributed by atoms with Crippen LogP contribution in [-0.2, 0) is 0 Å². The fourth-order valence-electron chi connectivity index (χ4n) is 2.35. The smallest absolute Gasteiger partial charge is 0.254 e. The first kappa shape index (κ1) is 15.0. The van der Waals surface area contributed by atoms with Crippen LogP contribution in [0.15, 0.2) is 35.9 Å². The molecule has 0 bridgehead atoms. The van der Waals surface area contributed by atoms with Crippen molar-refractivity contribution >= 4 is 17.5 Å². The molecule has 0 unspecified atom stereocenters. The third-order valence-electron chi connectivity index (χ3n) is 3.40. The summed E-state index contributed by atoms with van der Waals surface area (Å²) in [5, 5.41) is 0. The highest BCUT2D eigenvalue weighted by Crippen LogP contribution is 2.10. The van der Waals surface area contributed by atoms with Gasteiger partial charge in [-0.25, -0.2) is 4.39 Å². The Hall–Kier alpha value is -1.39. The lowest BCUT2D eigenvalue weighted by atomic mass is 10.2. The largest absolute Gasteiger partial charge is 0.337 e. The predicted octanol–water partition coefficient (Wildman–Crippen LogP) is 2.73. The first-order valence-electron chi connectivity index (χ1n) is 6.73. The number of carbonyl (C=O) groups is 1. The lowest BCUT2D eigenvalue weighted by molar-refractivity contribution is 0.0761. The molecular formula is C15H18ClFN2O. The van der Waals surface area contributed by atoms with Crippen LogP contribution in [0.2, 0.25) is 0 Å². The minimum absolute atomic E-state index is 0.0979. The van der Waals surface area contributed by atoms with E-state index in [0.29, 0.717) is 18.7 Å². The minimum atomic E-state index is -0.375. The molecule has 108 valence electrons. The van der Waals surface area contributed by atoms with Crippen molar-refractivity contribution in [3.05, 3.63) is 47.3 Å². The van der Waals surface area contributed by atoms with Gasteiger partial charge in [-0.2, -0.15) is 0 Å². The maximum Gasteiger partial charge on any atom is 0.254 e. The number of hydrogen-bond acceptors (Lipinski definition) is 2. The van der Waals surface area contributed by atoms with Crippen molar-refractivity contribution in [1.82, 2.24) is 9.80 Å². The molecule has 0 saturated carbocycles. The molecule has 1 aliphatic rings. The topological polar surface area (TPSA) is 23.6 Å². The van der Waals surface area contributed by atoms with E-state index in [1.54, 1.807) is 17.0 Å². The summed E-state index contributed by atoms with van der Waals surface area (Å²) >= 11 is 5.53. The predicted molar refractivity (Wildman–Crippen MR) is 78.4 cm³/mol. The van der Waals surface area contributed by atoms with Gasteiger partial charge in [0.15, 0.2) is 0 Å². The maximum atomic E-state index is 13.2. The van der Waals surface area contributed by atoms with Gasteiger partial charge in [-0.3, -0.25) is 9.69 Å². The minimum Gasteiger partial charge on any atom is -0.337 e. The lowest BCUT2D eigenvalue weighted by Crippen LogP contribution is -2.35. The number of nitrogens with zero attached hydrogens (tertiary/aromatic N) is 2. The Morgan fingerprint density at radius 2 is 2.15 bits per heavy atom. The van der Waals surface area contributed by atoms with Crippen LogP contribution >= 0.6 is 11.6 Å². The van der Waals surface area contributed by atoms with Crippen LogP contribution in [-0.4, -0.2) is 48.4 Å². The summed E-state index contributed by atoms with van der Waals surface area (Å²) in [7, 11) is 0. The van der Waals surface area contributed by atoms with Crippen molar-refractivity contribution in [3.8, 4) is 0 Å². The highest BCUT2D eigenvalue weighted by molar-refractivity contribution is 6.25. The van der Waals surface area contributed by atoms with Gasteiger partial charge >= 0.3 is 0 Å². The second kappa shape index (κ2) is 7.41. The zero-order valence-electron chi connectivity index (χ0n) is 11.3. The van der Waals surface area contributed by atoms with Gasteiger partial charge in [-0.1, -0.05) is 23.7 Å². The molecule has 0 aromatic heterocycles. The second-order valence-corrected chi connectivity index (χ2v) is 5.07. The molecule has 3 nitrogen and oxygen atoms in total. The summed E-state index contributed by atoms with van der Waals surface area (Å²) in [6.45, 7) is 3.91. The van der Waals surface area contributed by atoms with Crippen molar-refractivity contribution in [2.75, 3.05) is 32.7 Å². The second-order valence-electron chi connectivity index (χ2n) is 4.82. The molecule has 0 spiro atoms. The summed E-state index contributed by atoms with van der Waals surface area (Å²) in [6, 6.07) is 5.86. The van der Waals surface area contributed by atoms with Crippen molar-refractivity contribution in [1.29, 1.82) is 0 Å². The molecule has 1 heterocycles. The van der Waals surface area contributed by atoms with E-state index in [1.807, 2.05) is 6.08 Å². The summed E-state index contributed by atoms with van der Waals surface area (Å²) in [5.74, 6) is -0.473. The zero-order chi connectivity index (χ0) is 14.4. The van der Waals surface area contributed by atoms with E-state index in [9.17, 15) is 9.18 Å². The van der Waals surface area contributed by atoms with Crippen LogP contribution < -0.4 is 0 Å². The Bertz CT molecular complexity index is 493. The van der Waals surface area contributed by atoms with E-state index in [2.05, 4.69) is 4.90 Å². The summed E-state index contributed by atoms with van der Waals surface area (Å²) in [6.07, 6.45) is 2.81. The fourth-order valence-corrected chi connectivity index (χ4v) is 2.43. The normalized spacial score (nSPS) is 17.4. The Kier molecular flexibility index (Phi) is 5.56. The standard InChI is InChI=1S/C15H18ClFN2O/c16-6-2-7-18-8-3-9-19(11-10-18)15(20)13-4-1-5-14(17)12-13/h1-2,4-6,12H,3,7-11H2. The van der Waals surface area contributed by atoms with E-state index < -0.39 is 0 Å². The van der Waals surface area contributed by atoms with Gasteiger partial charge in [0.05, 0.1) is 0 Å². The average molecular weight is 297 g/mol. The first-order valence-corrected chi connectivity index (χ1v) is 7.17. The van der Waals surface area contributed by atoms with Crippen LogP contribution in [0.25, 0.3) is 0 Å². The molecule has 1 amide bonds. The highest BCUT2D eigenvalue weighted by atomic mass is 35.5. The van der Waals surface area contributed by atoms with Gasteiger partial charge in [0, 0.05) is 43.8 Å². The molecule has 0 aliphatic carbocycles. The monoisotopic (exact) mass is 296 g/mol. The molecule has 5 heteroatoms. The van der Waals surface area contributed by atoms with Crippen molar-refractivity contribution in [2.45, 2.75) is 6.42 Å². The highest BCUT2D eigenvalue weighted by Gasteiger charge is 2.19. The van der Waals surface area contributed by atoms with Gasteiger partial charge in [-0.05, 0) is 24.6 Å². The molecule has 1 aromatic carbocycles. The number of hydrogen-bond donors (Lipinski definition) is 0. The Balaban J connectivity index is 1.98. The van der Waals surface area contributed by atoms with Gasteiger partial charge in [0.25, 0.3) is 5.91 Å². The fraction of sp³-hybridized carbons (Fsp3) is 0.400. The maximum absolute atomic E-state index is 13.2. The quantitative estimate of drug-likeness (QED) is 0.856. The Morgan fingerprint density at radius 3 is 2.90 bits per heavy atom. The van der Waals surface area contributed by atoms with Gasteiger partial charge in [0.1, 0.15) is 5.82 Å². The van der Waals surface area contributed by atoms with Crippen molar-refractivity contribution in [3.63, 3.8) is 0 Å². The lowest BCUT2D eigenvalue weighted by Gasteiger charge is -2.21. The summed E-state index contributed by atoms with van der Waals surface area (Å²) < 4.78 is 13.2. The number of amides is 1. The number of benzene rings is 1. The SMILES string of the molecule is O=C(c1cccc(F)c1)N1CCCN(CC=CCl)CC1. The number of carbonyl (C=O) groups excluding carboxylic acids is 1. The van der Waals surface area contributed by atoms with Crippen LogP contribution in [0, 0.1) is 5.82 Å². The zero-order valence-corrected chi connectivity index (χ0v) is 12.0. The van der Waals surface area contributed by atoms with E-state index in [4.69, 9.17) is 11.6 Å². The van der Waals surface area contributed by atoms with E-state index in [0.717, 1.165) is 26.1 Å². The molecule has 0 radical (unpaired) electrons. The summed E-state index contributed by atoms with van der Waals surface area (Å²) in [4.78, 5) is 16.4. The molecule has 2 rings (SSSR count). The first-order chi connectivity index (χ1) is 9.70. The van der Waals surface area contributed by atoms with Crippen LogP contribution in [0.1, 0.15) is 16.8 Å². The van der Waals surface area contributed by atoms with Gasteiger partial charge in [0.2, 0.25) is 0 Å². The molecule has 1 aliphatic heterocycles. The van der Waals surface area contributed by atoms with Gasteiger partial charge in [-0.15, -0.1) is 0 Å². The molecule has 20 heavy (non-hydrogen) atoms. The van der Waals surface area contributed by atoms with Crippen molar-refractivity contribution in [2.24, 2.45) is 0 Å². The Morgan fingerprint density at radius 1 is 1.30 bits per heavy atom. The van der Waals surface area contributed by atoms with Crippen LogP contribution in [0.4, 0.5) is 4.39 Å². The van der Waals surface area contributed by atoms with Crippen LogP contribution in [0.5, 0.6) is 0 Å². The molecule has 1 aromatic rings. The van der Waals surface area contributed by atoms with Gasteiger partial charge < -0.3 is 4.90 Å². The average Bonchev–Trinajstić information content (AvgIpc) is 2.70. The van der Waals surface area contributed by atoms with Crippen LogP contribution in [0.3, 0.4) is 0 Å². The van der Waals surface area contributed by atoms with Crippen molar-refractivity contribution < 1.29 is 9.18 Å². The molecule has 1 saturated heterocycles. The summed E-state index contributed by atoms with van der Waals surface area (Å²) in [5.41, 5.74) is 1.93. The van der Waals surface area contributed by atoms with E-state index in [-0.39, 0.29) is 11.7 Å². The van der Waals surface area contributed by atoms with E-state index in [1.165, 1.54) is 17.7 Å². The molecule has 0 N–H and O–H groups in total. The number of halogens is 2. The Labute approximate surface area is 123 Å². The molecular weight excluding hydrogens is 279 g/mol. The number of rotatable bonds is 3. The molecule has 1 fully saturated rings. The third kappa shape index (κ3) is 4.05.